The molecule has 1 aliphatic heterocycles. The summed E-state index contributed by atoms with van der Waals surface area (Å²) in [5, 5.41) is 5.86. The van der Waals surface area contributed by atoms with E-state index in [1.165, 1.54) is 0 Å². The first-order chi connectivity index (χ1) is 6.58. The second-order valence-corrected chi connectivity index (χ2v) is 4.74. The number of urea groups is 1. The Morgan fingerprint density at radius 2 is 1.93 bits per heavy atom. The number of nitrogens with one attached hydrogen (secondary N) is 2. The van der Waals surface area contributed by atoms with Crippen LogP contribution in [0.3, 0.4) is 0 Å². The molecule has 1 spiro atoms. The third-order valence-corrected chi connectivity index (χ3v) is 3.72. The van der Waals surface area contributed by atoms with Crippen molar-refractivity contribution in [2.24, 2.45) is 0 Å². The van der Waals surface area contributed by atoms with Crippen LogP contribution in [0.2, 0.25) is 0 Å². The second-order valence-electron chi connectivity index (χ2n) is 4.74. The lowest BCUT2D eigenvalue weighted by Crippen LogP contribution is -2.50. The van der Waals surface area contributed by atoms with Crippen LogP contribution < -0.4 is 10.6 Å². The molecular weight excluding hydrogens is 180 g/mol. The molecule has 0 radical (unpaired) electrons. The molecule has 2 amide bonds. The standard InChI is InChI=1S/C10H18N2O2/c1-9(14-2)3-5-10(6-4-9)7-11-8(13)12-10/h3-7H2,1-2H3,(H2,11,12,13). The molecular formula is C10H18N2O2. The van der Waals surface area contributed by atoms with Crippen LogP contribution in [-0.4, -0.2) is 30.8 Å². The van der Waals surface area contributed by atoms with E-state index in [2.05, 4.69) is 17.6 Å². The topological polar surface area (TPSA) is 50.4 Å². The highest BCUT2D eigenvalue weighted by Gasteiger charge is 2.44. The number of ether oxygens (including phenoxy) is 1. The fourth-order valence-electron chi connectivity index (χ4n) is 2.34. The van der Waals surface area contributed by atoms with Gasteiger partial charge in [-0.15, -0.1) is 0 Å². The zero-order chi connectivity index (χ0) is 10.2. The number of amides is 2. The van der Waals surface area contributed by atoms with E-state index in [-0.39, 0.29) is 17.2 Å². The summed E-state index contributed by atoms with van der Waals surface area (Å²) >= 11 is 0. The number of hydrogen-bond acceptors (Lipinski definition) is 2. The molecule has 1 saturated carbocycles. The van der Waals surface area contributed by atoms with Gasteiger partial charge in [0, 0.05) is 13.7 Å². The van der Waals surface area contributed by atoms with Crippen LogP contribution in [0.4, 0.5) is 4.79 Å². The van der Waals surface area contributed by atoms with Crippen LogP contribution in [0.1, 0.15) is 32.6 Å². The van der Waals surface area contributed by atoms with Gasteiger partial charge in [0.15, 0.2) is 0 Å². The van der Waals surface area contributed by atoms with Crippen LogP contribution in [0.15, 0.2) is 0 Å². The van der Waals surface area contributed by atoms with Gasteiger partial charge in [-0.1, -0.05) is 0 Å². The molecule has 0 atom stereocenters. The van der Waals surface area contributed by atoms with Gasteiger partial charge in [-0.25, -0.2) is 4.79 Å². The molecule has 4 nitrogen and oxygen atoms in total. The highest BCUT2D eigenvalue weighted by Crippen LogP contribution is 2.37. The van der Waals surface area contributed by atoms with Crippen LogP contribution in [-0.2, 0) is 4.74 Å². The van der Waals surface area contributed by atoms with Gasteiger partial charge in [0.2, 0.25) is 0 Å². The van der Waals surface area contributed by atoms with Gasteiger partial charge in [-0.3, -0.25) is 0 Å². The maximum atomic E-state index is 11.1. The summed E-state index contributed by atoms with van der Waals surface area (Å²) in [7, 11) is 1.77. The molecule has 0 bridgehead atoms. The molecule has 4 heteroatoms. The average Bonchev–Trinajstić information content (AvgIpc) is 2.55. The molecule has 80 valence electrons. The van der Waals surface area contributed by atoms with E-state index in [1.807, 2.05) is 0 Å². The molecule has 0 aromatic rings. The SMILES string of the molecule is COC1(C)CCC2(CC1)CNC(=O)N2. The summed E-state index contributed by atoms with van der Waals surface area (Å²) in [4.78, 5) is 11.1. The molecule has 2 rings (SSSR count). The summed E-state index contributed by atoms with van der Waals surface area (Å²) in [6, 6.07) is -0.0222. The minimum atomic E-state index is -0.0222. The molecule has 1 saturated heterocycles. The molecule has 14 heavy (non-hydrogen) atoms. The molecule has 2 aliphatic rings. The summed E-state index contributed by atoms with van der Waals surface area (Å²) < 4.78 is 5.48. The van der Waals surface area contributed by atoms with Crippen molar-refractivity contribution in [1.82, 2.24) is 10.6 Å². The first kappa shape index (κ1) is 9.77. The summed E-state index contributed by atoms with van der Waals surface area (Å²) in [6.07, 6.45) is 4.06. The number of rotatable bonds is 1. The first-order valence-corrected chi connectivity index (χ1v) is 5.19. The molecule has 2 N–H and O–H groups in total. The number of carbonyl (C=O) groups excluding carboxylic acids is 1. The number of methoxy groups -OCH3 is 1. The molecule has 2 fully saturated rings. The zero-order valence-corrected chi connectivity index (χ0v) is 8.85. The Morgan fingerprint density at radius 1 is 1.29 bits per heavy atom. The van der Waals surface area contributed by atoms with Gasteiger partial charge in [0.1, 0.15) is 0 Å². The van der Waals surface area contributed by atoms with Gasteiger partial charge < -0.3 is 15.4 Å². The average molecular weight is 198 g/mol. The van der Waals surface area contributed by atoms with Gasteiger partial charge >= 0.3 is 6.03 Å². The minimum absolute atomic E-state index is 0.00905. The third-order valence-electron chi connectivity index (χ3n) is 3.72. The first-order valence-electron chi connectivity index (χ1n) is 5.19. The van der Waals surface area contributed by atoms with E-state index in [1.54, 1.807) is 7.11 Å². The van der Waals surface area contributed by atoms with Gasteiger partial charge in [0.25, 0.3) is 0 Å². The predicted molar refractivity (Wildman–Crippen MR) is 53.1 cm³/mol. The largest absolute Gasteiger partial charge is 0.379 e. The molecule has 1 heterocycles. The van der Waals surface area contributed by atoms with E-state index >= 15 is 0 Å². The molecule has 0 aromatic carbocycles. The Morgan fingerprint density at radius 3 is 2.36 bits per heavy atom. The van der Waals surface area contributed by atoms with E-state index in [0.717, 1.165) is 32.2 Å². The van der Waals surface area contributed by atoms with Gasteiger partial charge in [-0.2, -0.15) is 0 Å². The Bertz CT molecular complexity index is 245. The predicted octanol–water partition coefficient (Wildman–Crippen LogP) is 1.02. The Labute approximate surface area is 84.4 Å². The maximum Gasteiger partial charge on any atom is 0.315 e. The van der Waals surface area contributed by atoms with Crippen molar-refractivity contribution >= 4 is 6.03 Å². The lowest BCUT2D eigenvalue weighted by Gasteiger charge is -2.41. The quantitative estimate of drug-likeness (QED) is 0.661. The monoisotopic (exact) mass is 198 g/mol. The zero-order valence-electron chi connectivity index (χ0n) is 8.85. The summed E-state index contributed by atoms with van der Waals surface area (Å²) in [6.45, 7) is 2.91. The van der Waals surface area contributed by atoms with Crippen molar-refractivity contribution in [3.8, 4) is 0 Å². The second kappa shape index (κ2) is 3.12. The van der Waals surface area contributed by atoms with Crippen LogP contribution >= 0.6 is 0 Å². The summed E-state index contributed by atoms with van der Waals surface area (Å²) in [5.41, 5.74) is 0.0215. The van der Waals surface area contributed by atoms with Crippen molar-refractivity contribution in [3.63, 3.8) is 0 Å². The highest BCUT2D eigenvalue weighted by molar-refractivity contribution is 5.77. The van der Waals surface area contributed by atoms with E-state index in [0.29, 0.717) is 0 Å². The highest BCUT2D eigenvalue weighted by atomic mass is 16.5. The molecule has 0 aromatic heterocycles. The molecule has 0 unspecified atom stereocenters. The van der Waals surface area contributed by atoms with E-state index in [4.69, 9.17) is 4.74 Å². The van der Waals surface area contributed by atoms with Crippen molar-refractivity contribution < 1.29 is 9.53 Å². The minimum Gasteiger partial charge on any atom is -0.379 e. The normalized spacial score (nSPS) is 42.3. The van der Waals surface area contributed by atoms with Crippen LogP contribution in [0.25, 0.3) is 0 Å². The van der Waals surface area contributed by atoms with Gasteiger partial charge in [0.05, 0.1) is 11.1 Å². The number of carbonyl (C=O) groups is 1. The lowest BCUT2D eigenvalue weighted by molar-refractivity contribution is -0.0386. The lowest BCUT2D eigenvalue weighted by atomic mass is 9.75. The van der Waals surface area contributed by atoms with Crippen molar-refractivity contribution in [3.05, 3.63) is 0 Å². The smallest absolute Gasteiger partial charge is 0.315 e. The van der Waals surface area contributed by atoms with E-state index in [9.17, 15) is 4.79 Å². The van der Waals surface area contributed by atoms with E-state index < -0.39 is 0 Å². The fraction of sp³-hybridized carbons (Fsp3) is 0.900. The molecule has 1 aliphatic carbocycles. The summed E-state index contributed by atoms with van der Waals surface area (Å²) in [5.74, 6) is 0. The Hall–Kier alpha value is -0.770. The fourth-order valence-corrected chi connectivity index (χ4v) is 2.34. The van der Waals surface area contributed by atoms with Crippen LogP contribution in [0.5, 0.6) is 0 Å². The Balaban J connectivity index is 1.99. The maximum absolute atomic E-state index is 11.1. The van der Waals surface area contributed by atoms with Crippen molar-refractivity contribution in [2.75, 3.05) is 13.7 Å². The third kappa shape index (κ3) is 1.59. The number of hydrogen-bond donors (Lipinski definition) is 2. The van der Waals surface area contributed by atoms with Crippen LogP contribution in [0, 0.1) is 0 Å². The Kier molecular flexibility index (Phi) is 2.18. The van der Waals surface area contributed by atoms with Crippen molar-refractivity contribution in [2.45, 2.75) is 43.7 Å². The van der Waals surface area contributed by atoms with Gasteiger partial charge in [-0.05, 0) is 32.6 Å². The van der Waals surface area contributed by atoms with Crippen molar-refractivity contribution in [1.29, 1.82) is 0 Å².